The van der Waals surface area contributed by atoms with Gasteiger partial charge in [-0.1, -0.05) is 23.7 Å². The van der Waals surface area contributed by atoms with E-state index in [0.29, 0.717) is 28.6 Å². The lowest BCUT2D eigenvalue weighted by Crippen LogP contribution is -2.20. The molecular formula is C18H19ClFN5O. The molecule has 0 aliphatic carbocycles. The van der Waals surface area contributed by atoms with Crippen LogP contribution in [0.1, 0.15) is 22.6 Å². The van der Waals surface area contributed by atoms with Gasteiger partial charge in [0.2, 0.25) is 5.91 Å². The summed E-state index contributed by atoms with van der Waals surface area (Å²) in [5.74, 6) is -0.485. The van der Waals surface area contributed by atoms with Gasteiger partial charge in [-0.15, -0.1) is 0 Å². The summed E-state index contributed by atoms with van der Waals surface area (Å²) in [7, 11) is 0. The van der Waals surface area contributed by atoms with Crippen LogP contribution in [0.25, 0.3) is 0 Å². The summed E-state index contributed by atoms with van der Waals surface area (Å²) in [4.78, 5) is 12.3. The number of amides is 1. The molecule has 1 amide bonds. The van der Waals surface area contributed by atoms with Gasteiger partial charge in [0, 0.05) is 6.20 Å². The lowest BCUT2D eigenvalue weighted by molar-refractivity contribution is -0.116. The first-order valence-corrected chi connectivity index (χ1v) is 8.49. The number of aromatic nitrogens is 4. The van der Waals surface area contributed by atoms with Crippen molar-refractivity contribution in [2.45, 2.75) is 33.9 Å². The predicted octanol–water partition coefficient (Wildman–Crippen LogP) is 3.48. The molecule has 0 saturated carbocycles. The number of anilines is 1. The highest BCUT2D eigenvalue weighted by Gasteiger charge is 2.15. The van der Waals surface area contributed by atoms with Gasteiger partial charge in [-0.3, -0.25) is 14.2 Å². The molecule has 0 unspecified atom stereocenters. The monoisotopic (exact) mass is 375 g/mol. The van der Waals surface area contributed by atoms with E-state index in [-0.39, 0.29) is 18.3 Å². The molecule has 0 saturated heterocycles. The zero-order chi connectivity index (χ0) is 18.8. The van der Waals surface area contributed by atoms with Gasteiger partial charge in [0.15, 0.2) is 0 Å². The van der Waals surface area contributed by atoms with E-state index in [9.17, 15) is 9.18 Å². The highest BCUT2D eigenvalue weighted by Crippen LogP contribution is 2.21. The lowest BCUT2D eigenvalue weighted by atomic mass is 10.2. The van der Waals surface area contributed by atoms with Gasteiger partial charge in [-0.2, -0.15) is 10.2 Å². The number of hydrogen-bond acceptors (Lipinski definition) is 3. The Bertz CT molecular complexity index is 926. The zero-order valence-corrected chi connectivity index (χ0v) is 15.5. The molecule has 3 rings (SSSR count). The van der Waals surface area contributed by atoms with E-state index in [1.165, 1.54) is 16.8 Å². The molecule has 0 aliphatic heterocycles. The zero-order valence-electron chi connectivity index (χ0n) is 14.8. The molecule has 0 fully saturated rings. The molecule has 2 aromatic heterocycles. The van der Waals surface area contributed by atoms with Crippen LogP contribution in [-0.4, -0.2) is 25.5 Å². The third-order valence-corrected chi connectivity index (χ3v) is 4.45. The van der Waals surface area contributed by atoms with Crippen molar-refractivity contribution in [2.75, 3.05) is 5.32 Å². The molecule has 0 aliphatic rings. The van der Waals surface area contributed by atoms with Crippen molar-refractivity contribution in [3.05, 3.63) is 63.9 Å². The minimum atomic E-state index is -0.274. The van der Waals surface area contributed by atoms with Crippen molar-refractivity contribution in [1.82, 2.24) is 19.6 Å². The first kappa shape index (κ1) is 18.1. The van der Waals surface area contributed by atoms with E-state index in [0.717, 1.165) is 11.3 Å². The number of nitrogens with one attached hydrogen (secondary N) is 1. The van der Waals surface area contributed by atoms with Gasteiger partial charge in [-0.05, 0) is 38.5 Å². The largest absolute Gasteiger partial charge is 0.321 e. The van der Waals surface area contributed by atoms with Gasteiger partial charge >= 0.3 is 0 Å². The van der Waals surface area contributed by atoms with Gasteiger partial charge in [0.05, 0.1) is 34.3 Å². The number of halogens is 2. The maximum Gasteiger partial charge on any atom is 0.246 e. The van der Waals surface area contributed by atoms with E-state index in [2.05, 4.69) is 15.5 Å². The van der Waals surface area contributed by atoms with Crippen LogP contribution in [0.15, 0.2) is 30.5 Å². The summed E-state index contributed by atoms with van der Waals surface area (Å²) in [6.07, 6.45) is 1.62. The molecule has 1 aromatic carbocycles. The van der Waals surface area contributed by atoms with Gasteiger partial charge in [-0.25, -0.2) is 4.39 Å². The third-order valence-electron chi connectivity index (χ3n) is 4.08. The second kappa shape index (κ2) is 7.29. The predicted molar refractivity (Wildman–Crippen MR) is 97.8 cm³/mol. The summed E-state index contributed by atoms with van der Waals surface area (Å²) in [5.41, 5.74) is 3.82. The minimum absolute atomic E-state index is 0.0651. The third kappa shape index (κ3) is 3.94. The number of rotatable bonds is 5. The molecule has 8 heteroatoms. The number of aryl methyl sites for hydroxylation is 2. The van der Waals surface area contributed by atoms with Crippen LogP contribution in [0.5, 0.6) is 0 Å². The van der Waals surface area contributed by atoms with E-state index in [4.69, 9.17) is 11.6 Å². The Kier molecular flexibility index (Phi) is 5.08. The second-order valence-electron chi connectivity index (χ2n) is 6.14. The fourth-order valence-corrected chi connectivity index (χ4v) is 2.85. The van der Waals surface area contributed by atoms with E-state index in [1.807, 2.05) is 13.8 Å². The van der Waals surface area contributed by atoms with Crippen LogP contribution in [0.3, 0.4) is 0 Å². The van der Waals surface area contributed by atoms with Crippen LogP contribution in [0.4, 0.5) is 10.1 Å². The molecular weight excluding hydrogens is 357 g/mol. The smallest absolute Gasteiger partial charge is 0.246 e. The number of nitrogens with zero attached hydrogens (tertiary/aromatic N) is 4. The lowest BCUT2D eigenvalue weighted by Gasteiger charge is -2.07. The highest BCUT2D eigenvalue weighted by molar-refractivity contribution is 6.31. The topological polar surface area (TPSA) is 64.7 Å². The Labute approximate surface area is 155 Å². The Morgan fingerprint density at radius 2 is 1.85 bits per heavy atom. The van der Waals surface area contributed by atoms with Crippen molar-refractivity contribution in [3.63, 3.8) is 0 Å². The molecule has 1 N–H and O–H groups in total. The standard InChI is InChI=1S/C18H19ClFN5O/c1-11-16(19)9-24(22-11)10-17(26)21-18-12(2)23-25(13(18)3)8-14-4-6-15(20)7-5-14/h4-7,9H,8,10H2,1-3H3,(H,21,26). The fourth-order valence-electron chi connectivity index (χ4n) is 2.70. The quantitative estimate of drug-likeness (QED) is 0.742. The first-order valence-electron chi connectivity index (χ1n) is 8.11. The molecule has 26 heavy (non-hydrogen) atoms. The second-order valence-corrected chi connectivity index (χ2v) is 6.55. The molecule has 136 valence electrons. The van der Waals surface area contributed by atoms with Crippen LogP contribution in [0.2, 0.25) is 5.02 Å². The summed E-state index contributed by atoms with van der Waals surface area (Å²) in [5, 5.41) is 12.1. The van der Waals surface area contributed by atoms with Gasteiger partial charge in [0.1, 0.15) is 12.4 Å². The molecule has 3 aromatic rings. The minimum Gasteiger partial charge on any atom is -0.321 e. The normalized spacial score (nSPS) is 11.0. The SMILES string of the molecule is Cc1nn(CC(=O)Nc2c(C)nn(Cc3ccc(F)cc3)c2C)cc1Cl. The van der Waals surface area contributed by atoms with Gasteiger partial charge in [0.25, 0.3) is 0 Å². The van der Waals surface area contributed by atoms with E-state index >= 15 is 0 Å². The molecule has 0 bridgehead atoms. The summed E-state index contributed by atoms with van der Waals surface area (Å²) >= 11 is 5.96. The fraction of sp³-hybridized carbons (Fsp3) is 0.278. The Morgan fingerprint density at radius 3 is 2.46 bits per heavy atom. The van der Waals surface area contributed by atoms with Crippen molar-refractivity contribution in [2.24, 2.45) is 0 Å². The highest BCUT2D eigenvalue weighted by atomic mass is 35.5. The molecule has 0 radical (unpaired) electrons. The van der Waals surface area contributed by atoms with Crippen LogP contribution in [-0.2, 0) is 17.9 Å². The summed E-state index contributed by atoms with van der Waals surface area (Å²) < 4.78 is 16.3. The average Bonchev–Trinajstić information content (AvgIpc) is 3.03. The number of carbonyl (C=O) groups excluding carboxylic acids is 1. The maximum absolute atomic E-state index is 13.0. The van der Waals surface area contributed by atoms with Crippen LogP contribution in [0, 0.1) is 26.6 Å². The van der Waals surface area contributed by atoms with E-state index in [1.54, 1.807) is 29.9 Å². The Hall–Kier alpha value is -2.67. The van der Waals surface area contributed by atoms with Crippen molar-refractivity contribution in [1.29, 1.82) is 0 Å². The average molecular weight is 376 g/mol. The van der Waals surface area contributed by atoms with Crippen LogP contribution >= 0.6 is 11.6 Å². The Morgan fingerprint density at radius 1 is 1.15 bits per heavy atom. The molecule has 0 spiro atoms. The number of benzene rings is 1. The van der Waals surface area contributed by atoms with Crippen molar-refractivity contribution in [3.8, 4) is 0 Å². The van der Waals surface area contributed by atoms with Crippen molar-refractivity contribution >= 4 is 23.2 Å². The van der Waals surface area contributed by atoms with E-state index < -0.39 is 0 Å². The van der Waals surface area contributed by atoms with Crippen LogP contribution < -0.4 is 5.32 Å². The summed E-state index contributed by atoms with van der Waals surface area (Å²) in [6, 6.07) is 6.27. The number of hydrogen-bond donors (Lipinski definition) is 1. The van der Waals surface area contributed by atoms with Gasteiger partial charge < -0.3 is 5.32 Å². The molecule has 6 nitrogen and oxygen atoms in total. The Balaban J connectivity index is 1.72. The number of carbonyl (C=O) groups is 1. The molecule has 0 atom stereocenters. The summed E-state index contributed by atoms with van der Waals surface area (Å²) in [6.45, 7) is 6.06. The van der Waals surface area contributed by atoms with Crippen molar-refractivity contribution < 1.29 is 9.18 Å². The first-order chi connectivity index (χ1) is 12.3. The molecule has 2 heterocycles. The maximum atomic E-state index is 13.0.